The number of aromatic nitrogens is 3. The Morgan fingerprint density at radius 1 is 1.11 bits per heavy atom. The number of nitro groups is 1. The topological polar surface area (TPSA) is 143 Å². The lowest BCUT2D eigenvalue weighted by molar-refractivity contribution is -0.402. The highest BCUT2D eigenvalue weighted by Crippen LogP contribution is 2.15. The highest BCUT2D eigenvalue weighted by Gasteiger charge is 2.11. The van der Waals surface area contributed by atoms with Gasteiger partial charge in [-0.2, -0.15) is 20.1 Å². The second-order valence-corrected chi connectivity index (χ2v) is 6.02. The van der Waals surface area contributed by atoms with Crippen molar-refractivity contribution in [3.05, 3.63) is 28.0 Å². The predicted molar refractivity (Wildman–Crippen MR) is 103 cm³/mol. The van der Waals surface area contributed by atoms with Gasteiger partial charge in [-0.05, 0) is 32.8 Å². The molecular formula is C16H24N8O3. The summed E-state index contributed by atoms with van der Waals surface area (Å²) in [6.45, 7) is 8.17. The number of rotatable bonds is 10. The van der Waals surface area contributed by atoms with Gasteiger partial charge in [0.2, 0.25) is 17.8 Å². The molecule has 0 aliphatic heterocycles. The van der Waals surface area contributed by atoms with Crippen LogP contribution in [0.4, 0.5) is 23.7 Å². The van der Waals surface area contributed by atoms with Crippen LogP contribution in [-0.4, -0.2) is 38.2 Å². The number of nitrogens with zero attached hydrogens (tertiary/aromatic N) is 5. The summed E-state index contributed by atoms with van der Waals surface area (Å²) in [4.78, 5) is 22.9. The molecular weight excluding hydrogens is 352 g/mol. The molecule has 2 atom stereocenters. The summed E-state index contributed by atoms with van der Waals surface area (Å²) in [7, 11) is 0. The molecule has 0 radical (unpaired) electrons. The highest BCUT2D eigenvalue weighted by molar-refractivity contribution is 5.76. The Bertz CT molecular complexity index is 761. The van der Waals surface area contributed by atoms with E-state index in [-0.39, 0.29) is 29.7 Å². The van der Waals surface area contributed by atoms with Crippen LogP contribution in [0.3, 0.4) is 0 Å². The third-order valence-corrected chi connectivity index (χ3v) is 3.76. The van der Waals surface area contributed by atoms with E-state index in [0.29, 0.717) is 11.9 Å². The first-order valence-electron chi connectivity index (χ1n) is 8.73. The average Bonchev–Trinajstić information content (AvgIpc) is 3.10. The van der Waals surface area contributed by atoms with Gasteiger partial charge in [-0.15, -0.1) is 0 Å². The maximum Gasteiger partial charge on any atom is 0.433 e. The minimum atomic E-state index is -0.615. The van der Waals surface area contributed by atoms with Crippen LogP contribution < -0.4 is 16.1 Å². The maximum absolute atomic E-state index is 10.6. The zero-order valence-corrected chi connectivity index (χ0v) is 15.8. The molecule has 2 aromatic heterocycles. The summed E-state index contributed by atoms with van der Waals surface area (Å²) >= 11 is 0. The molecule has 2 heterocycles. The number of nitrogens with one attached hydrogen (secondary N) is 3. The molecule has 0 saturated heterocycles. The molecule has 0 saturated carbocycles. The first kappa shape index (κ1) is 20.1. The number of hydrogen-bond acceptors (Lipinski definition) is 10. The molecule has 0 amide bonds. The molecule has 0 aliphatic carbocycles. The van der Waals surface area contributed by atoms with E-state index in [1.807, 2.05) is 13.8 Å². The lowest BCUT2D eigenvalue weighted by atomic mass is 10.3. The Hall–Kier alpha value is -3.24. The third-order valence-electron chi connectivity index (χ3n) is 3.76. The second kappa shape index (κ2) is 9.46. The molecule has 0 fully saturated rings. The Morgan fingerprint density at radius 2 is 1.67 bits per heavy atom. The summed E-state index contributed by atoms with van der Waals surface area (Å²) in [5.41, 5.74) is 2.69. The van der Waals surface area contributed by atoms with Gasteiger partial charge in [-0.1, -0.05) is 13.8 Å². The minimum absolute atomic E-state index is 0.198. The molecule has 2 rings (SSSR count). The van der Waals surface area contributed by atoms with Crippen LogP contribution in [0.1, 0.15) is 46.3 Å². The molecule has 0 aromatic carbocycles. The van der Waals surface area contributed by atoms with Crippen molar-refractivity contribution in [2.24, 2.45) is 5.10 Å². The highest BCUT2D eigenvalue weighted by atomic mass is 16.6. The van der Waals surface area contributed by atoms with Crippen molar-refractivity contribution >= 4 is 29.9 Å². The molecule has 0 spiro atoms. The van der Waals surface area contributed by atoms with E-state index in [1.54, 1.807) is 0 Å². The molecule has 27 heavy (non-hydrogen) atoms. The summed E-state index contributed by atoms with van der Waals surface area (Å²) in [6, 6.07) is 3.10. The van der Waals surface area contributed by atoms with E-state index in [9.17, 15) is 10.1 Å². The van der Waals surface area contributed by atoms with E-state index < -0.39 is 4.92 Å². The molecule has 146 valence electrons. The smallest absolute Gasteiger partial charge is 0.400 e. The first-order valence-corrected chi connectivity index (χ1v) is 8.73. The molecule has 0 aliphatic rings. The Labute approximate surface area is 156 Å². The van der Waals surface area contributed by atoms with Crippen molar-refractivity contribution in [1.29, 1.82) is 0 Å². The van der Waals surface area contributed by atoms with Gasteiger partial charge in [-0.3, -0.25) is 10.1 Å². The predicted octanol–water partition coefficient (Wildman–Crippen LogP) is 3.24. The van der Waals surface area contributed by atoms with Crippen LogP contribution in [0, 0.1) is 10.1 Å². The van der Waals surface area contributed by atoms with Gasteiger partial charge >= 0.3 is 5.88 Å². The molecule has 11 nitrogen and oxygen atoms in total. The number of hydrazone groups is 1. The van der Waals surface area contributed by atoms with E-state index >= 15 is 0 Å². The quantitative estimate of drug-likeness (QED) is 0.323. The van der Waals surface area contributed by atoms with Crippen LogP contribution in [0.25, 0.3) is 0 Å². The van der Waals surface area contributed by atoms with Crippen LogP contribution in [0.15, 0.2) is 21.7 Å². The Balaban J connectivity index is 2.14. The second-order valence-electron chi connectivity index (χ2n) is 6.02. The lowest BCUT2D eigenvalue weighted by Gasteiger charge is -2.15. The normalized spacial score (nSPS) is 13.3. The van der Waals surface area contributed by atoms with Gasteiger partial charge in [0, 0.05) is 12.1 Å². The summed E-state index contributed by atoms with van der Waals surface area (Å²) in [6.07, 6.45) is 3.14. The van der Waals surface area contributed by atoms with Crippen LogP contribution in [-0.2, 0) is 0 Å². The van der Waals surface area contributed by atoms with Gasteiger partial charge < -0.3 is 15.1 Å². The number of hydrogen-bond donors (Lipinski definition) is 3. The molecule has 2 unspecified atom stereocenters. The summed E-state index contributed by atoms with van der Waals surface area (Å²) < 4.78 is 5.00. The van der Waals surface area contributed by atoms with E-state index in [2.05, 4.69) is 50.0 Å². The SMILES string of the molecule is CCC(C)Nc1nc(N/N=C/c2ccc([N+](=O)[O-])o2)nc(NC(C)CC)n1. The Morgan fingerprint density at radius 3 is 2.15 bits per heavy atom. The monoisotopic (exact) mass is 376 g/mol. The molecule has 0 bridgehead atoms. The van der Waals surface area contributed by atoms with Crippen molar-refractivity contribution in [1.82, 2.24) is 15.0 Å². The van der Waals surface area contributed by atoms with Crippen molar-refractivity contribution < 1.29 is 9.34 Å². The van der Waals surface area contributed by atoms with Crippen LogP contribution in [0.5, 0.6) is 0 Å². The fraction of sp³-hybridized carbons (Fsp3) is 0.500. The summed E-state index contributed by atoms with van der Waals surface area (Å²) in [5.74, 6) is 0.975. The van der Waals surface area contributed by atoms with Crippen LogP contribution >= 0.6 is 0 Å². The fourth-order valence-corrected chi connectivity index (χ4v) is 1.86. The van der Waals surface area contributed by atoms with Crippen LogP contribution in [0.2, 0.25) is 0 Å². The third kappa shape index (κ3) is 6.20. The molecule has 11 heteroatoms. The van der Waals surface area contributed by atoms with Crippen molar-refractivity contribution in [2.45, 2.75) is 52.6 Å². The van der Waals surface area contributed by atoms with E-state index in [4.69, 9.17) is 4.42 Å². The maximum atomic E-state index is 10.6. The standard InChI is InChI=1S/C16H24N8O3/c1-5-10(3)18-14-20-15(19-11(4)6-2)22-16(21-14)23-17-9-12-7-8-13(27-12)24(25)26/h7-11H,5-6H2,1-4H3,(H3,18,19,20,21,22,23)/b17-9+. The summed E-state index contributed by atoms with van der Waals surface area (Å²) in [5, 5.41) is 21.0. The van der Waals surface area contributed by atoms with Gasteiger partial charge in [0.25, 0.3) is 0 Å². The minimum Gasteiger partial charge on any atom is -0.400 e. The molecule has 3 N–H and O–H groups in total. The number of furan rings is 1. The van der Waals surface area contributed by atoms with Gasteiger partial charge in [0.1, 0.15) is 4.92 Å². The van der Waals surface area contributed by atoms with Crippen molar-refractivity contribution in [3.63, 3.8) is 0 Å². The lowest BCUT2D eigenvalue weighted by Crippen LogP contribution is -2.20. The number of anilines is 3. The zero-order chi connectivity index (χ0) is 19.8. The van der Waals surface area contributed by atoms with Crippen molar-refractivity contribution in [2.75, 3.05) is 16.1 Å². The average molecular weight is 376 g/mol. The van der Waals surface area contributed by atoms with Gasteiger partial charge in [0.15, 0.2) is 5.76 Å². The first-order chi connectivity index (χ1) is 12.9. The van der Waals surface area contributed by atoms with Gasteiger partial charge in [-0.25, -0.2) is 5.43 Å². The Kier molecular flexibility index (Phi) is 7.03. The zero-order valence-electron chi connectivity index (χ0n) is 15.8. The van der Waals surface area contributed by atoms with Gasteiger partial charge in [0.05, 0.1) is 12.3 Å². The van der Waals surface area contributed by atoms with E-state index in [1.165, 1.54) is 18.3 Å². The molecule has 2 aromatic rings. The fourth-order valence-electron chi connectivity index (χ4n) is 1.86. The van der Waals surface area contributed by atoms with Crippen molar-refractivity contribution in [3.8, 4) is 0 Å². The largest absolute Gasteiger partial charge is 0.433 e. The van der Waals surface area contributed by atoms with E-state index in [0.717, 1.165) is 12.8 Å².